The van der Waals surface area contributed by atoms with Crippen LogP contribution in [0.4, 0.5) is 5.13 Å². The molecule has 0 amide bonds. The number of hydrogen-bond donors (Lipinski definition) is 1. The fourth-order valence-corrected chi connectivity index (χ4v) is 3.05. The van der Waals surface area contributed by atoms with Gasteiger partial charge in [0.05, 0.1) is 16.1 Å². The number of likely N-dealkylation sites (N-methyl/N-ethyl adjacent to an activating group) is 1. The minimum atomic E-state index is -0.877. The number of fused-ring (bicyclic) bond motifs is 1. The van der Waals surface area contributed by atoms with E-state index in [2.05, 4.69) is 10.1 Å². The highest BCUT2D eigenvalue weighted by atomic mass is 32.1. The molecule has 7 heteroatoms. The molecule has 0 radical (unpaired) electrons. The zero-order valence-electron chi connectivity index (χ0n) is 11.6. The smallest absolute Gasteiger partial charge is 0.323 e. The van der Waals surface area contributed by atoms with Gasteiger partial charge in [0.1, 0.15) is 6.54 Å². The van der Waals surface area contributed by atoms with Gasteiger partial charge in [0, 0.05) is 7.05 Å². The van der Waals surface area contributed by atoms with Gasteiger partial charge in [-0.25, -0.2) is 4.68 Å². The molecule has 0 bridgehead atoms. The van der Waals surface area contributed by atoms with Gasteiger partial charge < -0.3 is 10.0 Å². The highest BCUT2D eigenvalue weighted by molar-refractivity contribution is 7.22. The van der Waals surface area contributed by atoms with E-state index in [-0.39, 0.29) is 6.54 Å². The number of thiazole rings is 1. The third-order valence-electron chi connectivity index (χ3n) is 3.08. The Morgan fingerprint density at radius 3 is 2.76 bits per heavy atom. The molecule has 1 aromatic carbocycles. The molecule has 1 N–H and O–H groups in total. The molecule has 6 nitrogen and oxygen atoms in total. The Balaban J connectivity index is 2.08. The molecule has 0 spiro atoms. The molecule has 0 saturated heterocycles. The third-order valence-corrected chi connectivity index (χ3v) is 4.34. The minimum absolute atomic E-state index is 0.0755. The van der Waals surface area contributed by atoms with Crippen molar-refractivity contribution in [1.82, 2.24) is 14.8 Å². The minimum Gasteiger partial charge on any atom is -0.480 e. The first-order valence-electron chi connectivity index (χ1n) is 6.41. The van der Waals surface area contributed by atoms with Crippen molar-refractivity contribution in [2.75, 3.05) is 18.5 Å². The number of aryl methyl sites for hydroxylation is 1. The molecule has 3 rings (SSSR count). The standard InChI is InChI=1S/C14H14N4O2S/c1-9-12-13(15-14(21-12)17(2)8-11(19)20)18(16-9)10-6-4-3-5-7-10/h3-7H,8H2,1-2H3,(H,19,20). The Morgan fingerprint density at radius 2 is 2.10 bits per heavy atom. The Bertz CT molecular complexity index is 794. The van der Waals surface area contributed by atoms with Crippen LogP contribution in [0.5, 0.6) is 0 Å². The monoisotopic (exact) mass is 302 g/mol. The Hall–Kier alpha value is -2.41. The van der Waals surface area contributed by atoms with Gasteiger partial charge in [-0.1, -0.05) is 29.5 Å². The summed E-state index contributed by atoms with van der Waals surface area (Å²) in [6, 6.07) is 9.77. The second-order valence-electron chi connectivity index (χ2n) is 4.73. The van der Waals surface area contributed by atoms with Crippen LogP contribution in [0, 0.1) is 6.92 Å². The molecule has 3 aromatic rings. The van der Waals surface area contributed by atoms with Crippen molar-refractivity contribution in [1.29, 1.82) is 0 Å². The van der Waals surface area contributed by atoms with Gasteiger partial charge in [0.25, 0.3) is 0 Å². The number of rotatable bonds is 4. The predicted molar refractivity (Wildman–Crippen MR) is 82.4 cm³/mol. The molecule has 2 heterocycles. The molecule has 0 aliphatic heterocycles. The number of carbonyl (C=O) groups is 1. The SMILES string of the molecule is Cc1nn(-c2ccccc2)c2nc(N(C)CC(=O)O)sc12. The number of hydrogen-bond acceptors (Lipinski definition) is 5. The molecule has 0 aliphatic carbocycles. The van der Waals surface area contributed by atoms with E-state index in [1.807, 2.05) is 37.3 Å². The average Bonchev–Trinajstić information content (AvgIpc) is 3.00. The van der Waals surface area contributed by atoms with Crippen LogP contribution in [0.25, 0.3) is 16.0 Å². The highest BCUT2D eigenvalue weighted by Crippen LogP contribution is 2.31. The van der Waals surface area contributed by atoms with E-state index in [0.29, 0.717) is 5.13 Å². The van der Waals surface area contributed by atoms with Crippen LogP contribution in [0.3, 0.4) is 0 Å². The van der Waals surface area contributed by atoms with Crippen LogP contribution in [0.1, 0.15) is 5.69 Å². The largest absolute Gasteiger partial charge is 0.480 e. The van der Waals surface area contributed by atoms with E-state index in [9.17, 15) is 4.79 Å². The van der Waals surface area contributed by atoms with Crippen molar-refractivity contribution < 1.29 is 9.90 Å². The van der Waals surface area contributed by atoms with Gasteiger partial charge in [0.2, 0.25) is 0 Å². The van der Waals surface area contributed by atoms with E-state index in [0.717, 1.165) is 21.7 Å². The molecule has 0 aliphatic rings. The first-order valence-corrected chi connectivity index (χ1v) is 7.22. The molecular formula is C14H14N4O2S. The second-order valence-corrected chi connectivity index (χ2v) is 5.71. The molecule has 0 unspecified atom stereocenters. The van der Waals surface area contributed by atoms with Crippen LogP contribution in [-0.2, 0) is 4.79 Å². The molecular weight excluding hydrogens is 288 g/mol. The summed E-state index contributed by atoms with van der Waals surface area (Å²) in [5.41, 5.74) is 2.59. The van der Waals surface area contributed by atoms with Crippen molar-refractivity contribution >= 4 is 32.8 Å². The average molecular weight is 302 g/mol. The van der Waals surface area contributed by atoms with Crippen molar-refractivity contribution in [3.63, 3.8) is 0 Å². The van der Waals surface area contributed by atoms with Crippen molar-refractivity contribution in [3.05, 3.63) is 36.0 Å². The lowest BCUT2D eigenvalue weighted by Gasteiger charge is -2.11. The number of benzene rings is 1. The summed E-state index contributed by atoms with van der Waals surface area (Å²) < 4.78 is 2.77. The van der Waals surface area contributed by atoms with Crippen LogP contribution in [0.15, 0.2) is 30.3 Å². The molecule has 21 heavy (non-hydrogen) atoms. The normalized spacial score (nSPS) is 11.0. The van der Waals surface area contributed by atoms with Crippen LogP contribution in [0.2, 0.25) is 0 Å². The van der Waals surface area contributed by atoms with Crippen LogP contribution < -0.4 is 4.90 Å². The summed E-state index contributed by atoms with van der Waals surface area (Å²) in [6.45, 7) is 1.86. The number of carboxylic acids is 1. The zero-order valence-corrected chi connectivity index (χ0v) is 12.5. The lowest BCUT2D eigenvalue weighted by Crippen LogP contribution is -2.24. The Kier molecular flexibility index (Phi) is 3.34. The molecule has 108 valence electrons. The van der Waals surface area contributed by atoms with Gasteiger partial charge >= 0.3 is 5.97 Å². The van der Waals surface area contributed by atoms with E-state index in [4.69, 9.17) is 5.11 Å². The summed E-state index contributed by atoms with van der Waals surface area (Å²) in [4.78, 5) is 17.0. The van der Waals surface area contributed by atoms with Crippen LogP contribution >= 0.6 is 11.3 Å². The number of nitrogens with zero attached hydrogens (tertiary/aromatic N) is 4. The quantitative estimate of drug-likeness (QED) is 0.801. The highest BCUT2D eigenvalue weighted by Gasteiger charge is 2.17. The molecule has 0 atom stereocenters. The van der Waals surface area contributed by atoms with Crippen molar-refractivity contribution in [2.24, 2.45) is 0 Å². The fraction of sp³-hybridized carbons (Fsp3) is 0.214. The molecule has 0 fully saturated rings. The first-order chi connectivity index (χ1) is 10.1. The van der Waals surface area contributed by atoms with Gasteiger partial charge in [-0.15, -0.1) is 0 Å². The lowest BCUT2D eigenvalue weighted by atomic mass is 10.3. The Labute approximate surface area is 125 Å². The van der Waals surface area contributed by atoms with Crippen molar-refractivity contribution in [3.8, 4) is 5.69 Å². The predicted octanol–water partition coefficient (Wildman–Crippen LogP) is 2.31. The van der Waals surface area contributed by atoms with Gasteiger partial charge in [-0.2, -0.15) is 10.1 Å². The summed E-state index contributed by atoms with van der Waals surface area (Å²) in [6.07, 6.45) is 0. The first kappa shape index (κ1) is 13.6. The van der Waals surface area contributed by atoms with Gasteiger partial charge in [0.15, 0.2) is 10.8 Å². The number of aliphatic carboxylic acids is 1. The van der Waals surface area contributed by atoms with Crippen molar-refractivity contribution in [2.45, 2.75) is 6.92 Å². The maximum Gasteiger partial charge on any atom is 0.323 e. The number of para-hydroxylation sites is 1. The van der Waals surface area contributed by atoms with E-state index in [1.54, 1.807) is 16.6 Å². The topological polar surface area (TPSA) is 71.2 Å². The lowest BCUT2D eigenvalue weighted by molar-refractivity contribution is -0.135. The number of carboxylic acid groups (broad SMARTS) is 1. The molecule has 2 aromatic heterocycles. The Morgan fingerprint density at radius 1 is 1.38 bits per heavy atom. The zero-order chi connectivity index (χ0) is 15.0. The van der Waals surface area contributed by atoms with Crippen LogP contribution in [-0.4, -0.2) is 39.4 Å². The van der Waals surface area contributed by atoms with Gasteiger partial charge in [-0.3, -0.25) is 4.79 Å². The third kappa shape index (κ3) is 2.47. The summed E-state index contributed by atoms with van der Waals surface area (Å²) >= 11 is 1.46. The fourth-order valence-electron chi connectivity index (χ4n) is 2.11. The van der Waals surface area contributed by atoms with E-state index >= 15 is 0 Å². The van der Waals surface area contributed by atoms with Gasteiger partial charge in [-0.05, 0) is 19.1 Å². The second kappa shape index (κ2) is 5.17. The number of aromatic nitrogens is 3. The number of anilines is 1. The summed E-state index contributed by atoms with van der Waals surface area (Å²) in [5, 5.41) is 14.1. The maximum absolute atomic E-state index is 10.8. The molecule has 0 saturated carbocycles. The summed E-state index contributed by atoms with van der Waals surface area (Å²) in [5.74, 6) is -0.877. The maximum atomic E-state index is 10.8. The van der Waals surface area contributed by atoms with E-state index in [1.165, 1.54) is 11.3 Å². The summed E-state index contributed by atoms with van der Waals surface area (Å²) in [7, 11) is 1.72. The van der Waals surface area contributed by atoms with E-state index < -0.39 is 5.97 Å².